The van der Waals surface area contributed by atoms with Crippen molar-refractivity contribution in [3.05, 3.63) is 56.0 Å². The van der Waals surface area contributed by atoms with Crippen molar-refractivity contribution >= 4 is 11.3 Å². The number of thiophene rings is 1. The Hall–Kier alpha value is -1.23. The molecule has 0 bridgehead atoms. The quantitative estimate of drug-likeness (QED) is 0.666. The molecule has 0 saturated carbocycles. The first-order valence-electron chi connectivity index (χ1n) is 7.44. The van der Waals surface area contributed by atoms with Crippen LogP contribution in [0.3, 0.4) is 0 Å². The summed E-state index contributed by atoms with van der Waals surface area (Å²) >= 11 is 1.78. The van der Waals surface area contributed by atoms with E-state index in [9.17, 15) is 4.39 Å². The Bertz CT molecular complexity index is 616. The number of hydrogen-bond donors (Lipinski definition) is 2. The first-order chi connectivity index (χ1) is 10.1. The summed E-state index contributed by atoms with van der Waals surface area (Å²) in [4.78, 5) is 2.57. The van der Waals surface area contributed by atoms with Crippen LogP contribution in [-0.4, -0.2) is 0 Å². The molecule has 21 heavy (non-hydrogen) atoms. The van der Waals surface area contributed by atoms with Crippen molar-refractivity contribution in [2.24, 2.45) is 5.84 Å². The molecule has 2 aromatic rings. The summed E-state index contributed by atoms with van der Waals surface area (Å²) in [7, 11) is 0. The van der Waals surface area contributed by atoms with E-state index in [1.54, 1.807) is 17.4 Å². The topological polar surface area (TPSA) is 38.0 Å². The molecule has 0 amide bonds. The second-order valence-corrected chi connectivity index (χ2v) is 7.05. The first kappa shape index (κ1) is 14.7. The number of hydrazine groups is 1. The largest absolute Gasteiger partial charge is 0.271 e. The van der Waals surface area contributed by atoms with Crippen molar-refractivity contribution in [1.82, 2.24) is 5.43 Å². The number of halogens is 1. The molecule has 1 aromatic heterocycles. The summed E-state index contributed by atoms with van der Waals surface area (Å²) in [6, 6.07) is 5.54. The smallest absolute Gasteiger partial charge is 0.128 e. The van der Waals surface area contributed by atoms with Crippen LogP contribution in [0.1, 0.15) is 50.9 Å². The molecule has 0 radical (unpaired) electrons. The van der Waals surface area contributed by atoms with Crippen LogP contribution in [0.5, 0.6) is 0 Å². The van der Waals surface area contributed by atoms with Gasteiger partial charge in [0.1, 0.15) is 5.82 Å². The third kappa shape index (κ3) is 2.76. The molecule has 1 atom stereocenters. The lowest BCUT2D eigenvalue weighted by Gasteiger charge is -2.18. The normalized spacial score (nSPS) is 15.8. The molecule has 1 aliphatic carbocycles. The van der Waals surface area contributed by atoms with Gasteiger partial charge in [-0.3, -0.25) is 5.84 Å². The van der Waals surface area contributed by atoms with E-state index < -0.39 is 0 Å². The number of rotatable bonds is 3. The van der Waals surface area contributed by atoms with Crippen molar-refractivity contribution < 1.29 is 4.39 Å². The lowest BCUT2D eigenvalue weighted by Crippen LogP contribution is -2.29. The fourth-order valence-corrected chi connectivity index (χ4v) is 4.58. The van der Waals surface area contributed by atoms with E-state index in [0.29, 0.717) is 5.56 Å². The lowest BCUT2D eigenvalue weighted by molar-refractivity contribution is 0.560. The number of nitrogens with two attached hydrogens (primary N) is 1. The van der Waals surface area contributed by atoms with Crippen LogP contribution in [0.4, 0.5) is 4.39 Å². The number of aryl methyl sites for hydroxylation is 4. The highest BCUT2D eigenvalue weighted by atomic mass is 32.1. The minimum absolute atomic E-state index is 0.179. The minimum Gasteiger partial charge on any atom is -0.271 e. The molecule has 0 spiro atoms. The van der Waals surface area contributed by atoms with Crippen LogP contribution >= 0.6 is 11.3 Å². The Morgan fingerprint density at radius 2 is 1.95 bits per heavy atom. The van der Waals surface area contributed by atoms with Gasteiger partial charge in [-0.1, -0.05) is 6.07 Å². The number of fused-ring (bicyclic) bond motifs is 1. The van der Waals surface area contributed by atoms with Crippen molar-refractivity contribution in [3.63, 3.8) is 0 Å². The summed E-state index contributed by atoms with van der Waals surface area (Å²) in [5, 5.41) is 0. The molecule has 3 rings (SSSR count). The summed E-state index contributed by atoms with van der Waals surface area (Å²) in [5.41, 5.74) is 6.79. The molecule has 4 heteroatoms. The molecule has 1 unspecified atom stereocenters. The van der Waals surface area contributed by atoms with Gasteiger partial charge in [-0.05, 0) is 68.4 Å². The molecule has 2 nitrogen and oxygen atoms in total. The lowest BCUT2D eigenvalue weighted by atomic mass is 9.95. The summed E-state index contributed by atoms with van der Waals surface area (Å²) in [6.45, 7) is 3.86. The van der Waals surface area contributed by atoms with E-state index in [4.69, 9.17) is 5.84 Å². The van der Waals surface area contributed by atoms with E-state index in [-0.39, 0.29) is 11.9 Å². The Kier molecular flexibility index (Phi) is 4.11. The van der Waals surface area contributed by atoms with Gasteiger partial charge in [0.2, 0.25) is 0 Å². The molecule has 0 fully saturated rings. The Balaban J connectivity index is 2.04. The van der Waals surface area contributed by atoms with E-state index in [0.717, 1.165) is 28.8 Å². The Morgan fingerprint density at radius 3 is 2.62 bits per heavy atom. The van der Waals surface area contributed by atoms with Crippen molar-refractivity contribution in [2.75, 3.05) is 0 Å². The number of nitrogens with one attached hydrogen (secondary N) is 1. The summed E-state index contributed by atoms with van der Waals surface area (Å²) < 4.78 is 14.4. The Labute approximate surface area is 129 Å². The molecular formula is C17H21FN2S. The van der Waals surface area contributed by atoms with Crippen LogP contribution in [-0.2, 0) is 12.8 Å². The van der Waals surface area contributed by atoms with Gasteiger partial charge in [0.15, 0.2) is 0 Å². The molecule has 0 aliphatic heterocycles. The molecule has 3 N–H and O–H groups in total. The third-order valence-corrected chi connectivity index (χ3v) is 5.54. The highest BCUT2D eigenvalue weighted by Gasteiger charge is 2.23. The highest BCUT2D eigenvalue weighted by molar-refractivity contribution is 7.12. The van der Waals surface area contributed by atoms with E-state index >= 15 is 0 Å². The molecule has 0 saturated heterocycles. The average molecular weight is 304 g/mol. The average Bonchev–Trinajstić information content (AvgIpc) is 2.85. The standard InChI is InChI=1S/C17H21FN2S/c1-10-7-11(2)16(13(18)8-10)17(20-19)15-9-12-5-3-4-6-14(12)21-15/h7-9,17,20H,3-6,19H2,1-2H3. The summed E-state index contributed by atoms with van der Waals surface area (Å²) in [6.07, 6.45) is 4.79. The van der Waals surface area contributed by atoms with Crippen molar-refractivity contribution in [2.45, 2.75) is 45.6 Å². The zero-order chi connectivity index (χ0) is 15.0. The van der Waals surface area contributed by atoms with Crippen LogP contribution in [0.15, 0.2) is 18.2 Å². The SMILES string of the molecule is Cc1cc(C)c(C(NN)c2cc3c(s2)CCCC3)c(F)c1. The number of benzene rings is 1. The minimum atomic E-state index is -0.263. The molecule has 1 heterocycles. The van der Waals surface area contributed by atoms with Gasteiger partial charge in [0.25, 0.3) is 0 Å². The van der Waals surface area contributed by atoms with Gasteiger partial charge in [-0.25, -0.2) is 9.82 Å². The molecule has 1 aliphatic rings. The predicted octanol–water partition coefficient (Wildman–Crippen LogP) is 3.94. The van der Waals surface area contributed by atoms with Gasteiger partial charge >= 0.3 is 0 Å². The Morgan fingerprint density at radius 1 is 1.19 bits per heavy atom. The first-order valence-corrected chi connectivity index (χ1v) is 8.26. The van der Waals surface area contributed by atoms with Crippen molar-refractivity contribution in [3.8, 4) is 0 Å². The highest BCUT2D eigenvalue weighted by Crippen LogP contribution is 2.36. The van der Waals surface area contributed by atoms with E-state index in [1.165, 1.54) is 23.3 Å². The van der Waals surface area contributed by atoms with Gasteiger partial charge in [-0.15, -0.1) is 11.3 Å². The van der Waals surface area contributed by atoms with Gasteiger partial charge in [-0.2, -0.15) is 0 Å². The van der Waals surface area contributed by atoms with Gasteiger partial charge in [0.05, 0.1) is 6.04 Å². The van der Waals surface area contributed by atoms with Crippen LogP contribution < -0.4 is 11.3 Å². The van der Waals surface area contributed by atoms with Gasteiger partial charge in [0, 0.05) is 15.3 Å². The molecule has 112 valence electrons. The molecular weight excluding hydrogens is 283 g/mol. The van der Waals surface area contributed by atoms with E-state index in [2.05, 4.69) is 11.5 Å². The monoisotopic (exact) mass is 304 g/mol. The maximum absolute atomic E-state index is 14.4. The van der Waals surface area contributed by atoms with Crippen LogP contribution in [0.2, 0.25) is 0 Å². The van der Waals surface area contributed by atoms with Crippen LogP contribution in [0.25, 0.3) is 0 Å². The van der Waals surface area contributed by atoms with Crippen LogP contribution in [0, 0.1) is 19.7 Å². The fourth-order valence-electron chi connectivity index (χ4n) is 3.26. The zero-order valence-corrected chi connectivity index (χ0v) is 13.3. The van der Waals surface area contributed by atoms with E-state index in [1.807, 2.05) is 19.9 Å². The number of hydrogen-bond acceptors (Lipinski definition) is 3. The fraction of sp³-hybridized carbons (Fsp3) is 0.412. The van der Waals surface area contributed by atoms with Crippen molar-refractivity contribution in [1.29, 1.82) is 0 Å². The predicted molar refractivity (Wildman–Crippen MR) is 86.0 cm³/mol. The van der Waals surface area contributed by atoms with Gasteiger partial charge < -0.3 is 0 Å². The maximum atomic E-state index is 14.4. The summed E-state index contributed by atoms with van der Waals surface area (Å²) in [5.74, 6) is 5.58. The molecule has 1 aromatic carbocycles. The second kappa shape index (κ2) is 5.87. The second-order valence-electron chi connectivity index (χ2n) is 5.88. The third-order valence-electron chi connectivity index (χ3n) is 4.24. The maximum Gasteiger partial charge on any atom is 0.128 e. The zero-order valence-electron chi connectivity index (χ0n) is 12.5.